The summed E-state index contributed by atoms with van der Waals surface area (Å²) in [6.45, 7) is 2.47. The molecular weight excluding hydrogens is 304 g/mol. The Bertz CT molecular complexity index is 834. The number of ether oxygens (including phenoxy) is 2. The molecule has 0 aliphatic heterocycles. The van der Waals surface area contributed by atoms with E-state index < -0.39 is 0 Å². The van der Waals surface area contributed by atoms with Crippen LogP contribution in [0.15, 0.2) is 55.0 Å². The Morgan fingerprint density at radius 1 is 1.08 bits per heavy atom. The van der Waals surface area contributed by atoms with Crippen LogP contribution in [0.4, 0.5) is 0 Å². The van der Waals surface area contributed by atoms with E-state index >= 15 is 0 Å². The molecule has 0 bridgehead atoms. The SMILES string of the molecule is CCCCOC(=O)c1cc2ccc(Oc3cccnc3)cc2cn1. The normalized spacial score (nSPS) is 10.5. The first kappa shape index (κ1) is 15.9. The zero-order valence-electron chi connectivity index (χ0n) is 13.4. The van der Waals surface area contributed by atoms with Crippen molar-refractivity contribution in [3.63, 3.8) is 0 Å². The van der Waals surface area contributed by atoms with E-state index in [-0.39, 0.29) is 5.97 Å². The highest BCUT2D eigenvalue weighted by Crippen LogP contribution is 2.25. The number of nitrogens with zero attached hydrogens (tertiary/aromatic N) is 2. The Labute approximate surface area is 140 Å². The summed E-state index contributed by atoms with van der Waals surface area (Å²) in [4.78, 5) is 20.2. The lowest BCUT2D eigenvalue weighted by molar-refractivity contribution is 0.0493. The molecule has 122 valence electrons. The number of fused-ring (bicyclic) bond motifs is 1. The number of hydrogen-bond donors (Lipinski definition) is 0. The minimum atomic E-state index is -0.388. The first-order valence-electron chi connectivity index (χ1n) is 7.91. The summed E-state index contributed by atoms with van der Waals surface area (Å²) in [6, 6.07) is 11.0. The van der Waals surface area contributed by atoms with Crippen LogP contribution in [0.5, 0.6) is 11.5 Å². The van der Waals surface area contributed by atoms with Crippen molar-refractivity contribution in [3.8, 4) is 11.5 Å². The van der Waals surface area contributed by atoms with Gasteiger partial charge in [0.2, 0.25) is 0 Å². The van der Waals surface area contributed by atoms with Crippen molar-refractivity contribution < 1.29 is 14.3 Å². The number of aromatic nitrogens is 2. The number of rotatable bonds is 6. The van der Waals surface area contributed by atoms with Crippen molar-refractivity contribution >= 4 is 16.7 Å². The van der Waals surface area contributed by atoms with E-state index in [0.717, 1.165) is 23.6 Å². The van der Waals surface area contributed by atoms with E-state index in [1.807, 2.05) is 37.3 Å². The van der Waals surface area contributed by atoms with Crippen LogP contribution in [0.3, 0.4) is 0 Å². The van der Waals surface area contributed by atoms with Gasteiger partial charge in [0.1, 0.15) is 17.2 Å². The number of benzene rings is 1. The predicted molar refractivity (Wildman–Crippen MR) is 91.2 cm³/mol. The van der Waals surface area contributed by atoms with E-state index in [0.29, 0.717) is 23.8 Å². The van der Waals surface area contributed by atoms with Gasteiger partial charge in [0, 0.05) is 17.8 Å². The quantitative estimate of drug-likeness (QED) is 0.498. The second-order valence-corrected chi connectivity index (χ2v) is 5.36. The summed E-state index contributed by atoms with van der Waals surface area (Å²) in [5, 5.41) is 1.80. The number of unbranched alkanes of at least 4 members (excludes halogenated alkanes) is 1. The highest BCUT2D eigenvalue weighted by Gasteiger charge is 2.10. The fourth-order valence-corrected chi connectivity index (χ4v) is 2.22. The number of esters is 1. The molecule has 5 heteroatoms. The second kappa shape index (κ2) is 7.55. The van der Waals surface area contributed by atoms with E-state index in [1.54, 1.807) is 24.7 Å². The number of carbonyl (C=O) groups excluding carboxylic acids is 1. The lowest BCUT2D eigenvalue weighted by Crippen LogP contribution is -2.08. The summed E-state index contributed by atoms with van der Waals surface area (Å²) >= 11 is 0. The second-order valence-electron chi connectivity index (χ2n) is 5.36. The fraction of sp³-hybridized carbons (Fsp3) is 0.211. The Morgan fingerprint density at radius 3 is 2.79 bits per heavy atom. The van der Waals surface area contributed by atoms with E-state index in [4.69, 9.17) is 9.47 Å². The van der Waals surface area contributed by atoms with Gasteiger partial charge in [-0.05, 0) is 42.1 Å². The Balaban J connectivity index is 1.77. The summed E-state index contributed by atoms with van der Waals surface area (Å²) in [6.07, 6.45) is 6.84. The average Bonchev–Trinajstić information content (AvgIpc) is 2.62. The molecule has 0 aliphatic rings. The number of carbonyl (C=O) groups is 1. The third kappa shape index (κ3) is 3.87. The Morgan fingerprint density at radius 2 is 2.00 bits per heavy atom. The molecule has 0 fully saturated rings. The number of pyridine rings is 2. The van der Waals surface area contributed by atoms with Crippen LogP contribution in [-0.4, -0.2) is 22.5 Å². The molecule has 2 heterocycles. The first-order chi connectivity index (χ1) is 11.8. The molecule has 0 N–H and O–H groups in total. The minimum Gasteiger partial charge on any atom is -0.461 e. The van der Waals surface area contributed by atoms with Crippen LogP contribution in [0.2, 0.25) is 0 Å². The van der Waals surface area contributed by atoms with Crippen molar-refractivity contribution in [1.29, 1.82) is 0 Å². The van der Waals surface area contributed by atoms with Crippen molar-refractivity contribution in [2.75, 3.05) is 6.61 Å². The van der Waals surface area contributed by atoms with Gasteiger partial charge < -0.3 is 9.47 Å². The summed E-state index contributed by atoms with van der Waals surface area (Å²) in [5.74, 6) is 0.970. The maximum atomic E-state index is 12.0. The molecular formula is C19H18N2O3. The average molecular weight is 322 g/mol. The predicted octanol–water partition coefficient (Wildman–Crippen LogP) is 4.38. The van der Waals surface area contributed by atoms with Gasteiger partial charge in [-0.3, -0.25) is 4.98 Å². The molecule has 1 aromatic carbocycles. The van der Waals surface area contributed by atoms with Crippen molar-refractivity contribution in [1.82, 2.24) is 9.97 Å². The molecule has 0 radical (unpaired) electrons. The van der Waals surface area contributed by atoms with Gasteiger partial charge in [-0.25, -0.2) is 9.78 Å². The van der Waals surface area contributed by atoms with Crippen molar-refractivity contribution in [2.24, 2.45) is 0 Å². The molecule has 0 unspecified atom stereocenters. The third-order valence-electron chi connectivity index (χ3n) is 3.50. The van der Waals surface area contributed by atoms with Gasteiger partial charge in [-0.1, -0.05) is 19.4 Å². The molecule has 0 amide bonds. The van der Waals surface area contributed by atoms with Gasteiger partial charge in [0.25, 0.3) is 0 Å². The molecule has 5 nitrogen and oxygen atoms in total. The highest BCUT2D eigenvalue weighted by molar-refractivity contribution is 5.93. The van der Waals surface area contributed by atoms with Crippen LogP contribution in [0.25, 0.3) is 10.8 Å². The first-order valence-corrected chi connectivity index (χ1v) is 7.91. The summed E-state index contributed by atoms with van der Waals surface area (Å²) in [7, 11) is 0. The molecule has 3 rings (SSSR count). The lowest BCUT2D eigenvalue weighted by atomic mass is 10.1. The topological polar surface area (TPSA) is 61.3 Å². The fourth-order valence-electron chi connectivity index (χ4n) is 2.22. The van der Waals surface area contributed by atoms with E-state index in [1.165, 1.54) is 0 Å². The van der Waals surface area contributed by atoms with Crippen LogP contribution in [0, 0.1) is 0 Å². The molecule has 0 saturated heterocycles. The Hall–Kier alpha value is -2.95. The standard InChI is InChI=1S/C19H18N2O3/c1-2-3-9-23-19(22)18-11-14-6-7-16(10-15(14)12-21-18)24-17-5-4-8-20-13-17/h4-8,10-13H,2-3,9H2,1H3. The zero-order valence-corrected chi connectivity index (χ0v) is 13.4. The van der Waals surface area contributed by atoms with Crippen LogP contribution >= 0.6 is 0 Å². The maximum absolute atomic E-state index is 12.0. The zero-order chi connectivity index (χ0) is 16.8. The maximum Gasteiger partial charge on any atom is 0.356 e. The Kier molecular flexibility index (Phi) is 5.01. The molecule has 24 heavy (non-hydrogen) atoms. The highest BCUT2D eigenvalue weighted by atomic mass is 16.5. The van der Waals surface area contributed by atoms with E-state index in [2.05, 4.69) is 9.97 Å². The van der Waals surface area contributed by atoms with Gasteiger partial charge in [0.15, 0.2) is 0 Å². The monoisotopic (exact) mass is 322 g/mol. The van der Waals surface area contributed by atoms with Crippen molar-refractivity contribution in [3.05, 3.63) is 60.7 Å². The van der Waals surface area contributed by atoms with Crippen LogP contribution in [0.1, 0.15) is 30.3 Å². The lowest BCUT2D eigenvalue weighted by Gasteiger charge is -2.07. The smallest absolute Gasteiger partial charge is 0.356 e. The third-order valence-corrected chi connectivity index (χ3v) is 3.50. The molecule has 0 spiro atoms. The van der Waals surface area contributed by atoms with Crippen LogP contribution in [-0.2, 0) is 4.74 Å². The minimum absolute atomic E-state index is 0.319. The number of hydrogen-bond acceptors (Lipinski definition) is 5. The summed E-state index contributed by atoms with van der Waals surface area (Å²) < 4.78 is 10.9. The molecule has 0 atom stereocenters. The molecule has 2 aromatic heterocycles. The van der Waals surface area contributed by atoms with Gasteiger partial charge in [-0.2, -0.15) is 0 Å². The largest absolute Gasteiger partial charge is 0.461 e. The van der Waals surface area contributed by atoms with Gasteiger partial charge in [0.05, 0.1) is 12.8 Å². The molecule has 3 aromatic rings. The van der Waals surface area contributed by atoms with Gasteiger partial charge >= 0.3 is 5.97 Å². The van der Waals surface area contributed by atoms with E-state index in [9.17, 15) is 4.79 Å². The molecule has 0 aliphatic carbocycles. The van der Waals surface area contributed by atoms with Gasteiger partial charge in [-0.15, -0.1) is 0 Å². The van der Waals surface area contributed by atoms with Crippen molar-refractivity contribution in [2.45, 2.75) is 19.8 Å². The summed E-state index contributed by atoms with van der Waals surface area (Å²) in [5.41, 5.74) is 0.319. The van der Waals surface area contributed by atoms with Crippen LogP contribution < -0.4 is 4.74 Å². The molecule has 0 saturated carbocycles.